The molecule has 0 unspecified atom stereocenters. The third-order valence-electron chi connectivity index (χ3n) is 9.06. The first-order valence-corrected chi connectivity index (χ1v) is 14.7. The third kappa shape index (κ3) is 5.06. The SMILES string of the molecule is C#Cc1c(F)ccc2cc(O)cc(-c3ncc4c(N5C[C@@H](N)CC(F)(F)C5)nc(OC[C@@]56CCCN5C[C@H](F)C6)nc4c3F)c12. The quantitative estimate of drug-likeness (QED) is 0.238. The molecular weight excluding hydrogens is 595 g/mol. The van der Waals surface area contributed by atoms with Crippen LogP contribution in [0.3, 0.4) is 0 Å². The van der Waals surface area contributed by atoms with Gasteiger partial charge in [0.05, 0.1) is 23.0 Å². The zero-order chi connectivity index (χ0) is 31.7. The van der Waals surface area contributed by atoms with Crippen LogP contribution in [-0.4, -0.2) is 81.4 Å². The molecule has 7 rings (SSSR count). The number of piperidine rings is 1. The molecule has 4 aromatic rings. The summed E-state index contributed by atoms with van der Waals surface area (Å²) in [4.78, 5) is 16.3. The molecule has 0 saturated carbocycles. The number of fused-ring (bicyclic) bond motifs is 3. The maximum absolute atomic E-state index is 16.6. The van der Waals surface area contributed by atoms with Gasteiger partial charge in [-0.1, -0.05) is 12.0 Å². The lowest BCUT2D eigenvalue weighted by molar-refractivity contribution is -0.0173. The zero-order valence-electron chi connectivity index (χ0n) is 24.0. The van der Waals surface area contributed by atoms with Crippen LogP contribution in [0.4, 0.5) is 27.8 Å². The van der Waals surface area contributed by atoms with E-state index in [4.69, 9.17) is 16.9 Å². The van der Waals surface area contributed by atoms with E-state index in [0.29, 0.717) is 11.8 Å². The fourth-order valence-electron chi connectivity index (χ4n) is 7.22. The van der Waals surface area contributed by atoms with Crippen molar-refractivity contribution in [1.29, 1.82) is 0 Å². The van der Waals surface area contributed by atoms with Gasteiger partial charge in [0.25, 0.3) is 5.92 Å². The first kappa shape index (κ1) is 29.4. The van der Waals surface area contributed by atoms with Crippen LogP contribution in [0.2, 0.25) is 0 Å². The molecule has 13 heteroatoms. The monoisotopic (exact) mass is 624 g/mol. The highest BCUT2D eigenvalue weighted by molar-refractivity contribution is 6.03. The number of anilines is 1. The molecule has 3 aliphatic rings. The Bertz CT molecular complexity index is 1880. The van der Waals surface area contributed by atoms with E-state index in [0.717, 1.165) is 19.0 Å². The second-order valence-corrected chi connectivity index (χ2v) is 12.2. The maximum Gasteiger partial charge on any atom is 0.319 e. The van der Waals surface area contributed by atoms with Gasteiger partial charge in [-0.05, 0) is 43.0 Å². The van der Waals surface area contributed by atoms with E-state index in [2.05, 4.69) is 20.9 Å². The van der Waals surface area contributed by atoms with E-state index >= 15 is 4.39 Å². The van der Waals surface area contributed by atoms with Gasteiger partial charge in [0.15, 0.2) is 5.82 Å². The minimum absolute atomic E-state index is 0.00596. The zero-order valence-corrected chi connectivity index (χ0v) is 24.0. The second kappa shape index (κ2) is 10.7. The van der Waals surface area contributed by atoms with E-state index in [9.17, 15) is 22.7 Å². The molecule has 0 aliphatic carbocycles. The Kier molecular flexibility index (Phi) is 6.98. The number of pyridine rings is 1. The third-order valence-corrected chi connectivity index (χ3v) is 9.06. The Morgan fingerprint density at radius 2 is 1.98 bits per heavy atom. The number of rotatable bonds is 5. The number of terminal acetylenes is 1. The molecule has 0 spiro atoms. The van der Waals surface area contributed by atoms with Crippen molar-refractivity contribution in [2.75, 3.05) is 37.7 Å². The van der Waals surface area contributed by atoms with Gasteiger partial charge in [-0.3, -0.25) is 9.88 Å². The molecule has 45 heavy (non-hydrogen) atoms. The summed E-state index contributed by atoms with van der Waals surface area (Å²) in [5.41, 5.74) is 4.65. The minimum atomic E-state index is -3.14. The fraction of sp³-hybridized carbons (Fsp3) is 0.406. The second-order valence-electron chi connectivity index (χ2n) is 12.2. The predicted octanol–water partition coefficient (Wildman–Crippen LogP) is 4.94. The van der Waals surface area contributed by atoms with Crippen molar-refractivity contribution in [1.82, 2.24) is 19.9 Å². The number of nitrogens with two attached hydrogens (primary N) is 1. The summed E-state index contributed by atoms with van der Waals surface area (Å²) >= 11 is 0. The first-order chi connectivity index (χ1) is 21.5. The van der Waals surface area contributed by atoms with Crippen molar-refractivity contribution < 1.29 is 31.8 Å². The molecule has 5 heterocycles. The van der Waals surface area contributed by atoms with Crippen LogP contribution in [0, 0.1) is 24.0 Å². The van der Waals surface area contributed by atoms with Crippen LogP contribution < -0.4 is 15.4 Å². The Labute approximate surface area is 255 Å². The van der Waals surface area contributed by atoms with Gasteiger partial charge in [0.1, 0.15) is 41.4 Å². The number of hydrogen-bond donors (Lipinski definition) is 2. The molecule has 234 valence electrons. The Morgan fingerprint density at radius 1 is 1.16 bits per heavy atom. The van der Waals surface area contributed by atoms with Crippen LogP contribution in [0.5, 0.6) is 11.8 Å². The number of phenols is 1. The lowest BCUT2D eigenvalue weighted by Crippen LogP contribution is -2.53. The average Bonchev–Trinajstić information content (AvgIpc) is 3.50. The number of alkyl halides is 3. The van der Waals surface area contributed by atoms with Crippen LogP contribution in [-0.2, 0) is 0 Å². The van der Waals surface area contributed by atoms with Gasteiger partial charge in [0.2, 0.25) is 0 Å². The summed E-state index contributed by atoms with van der Waals surface area (Å²) < 4.78 is 81.2. The number of aromatic hydroxyl groups is 1. The molecule has 3 fully saturated rings. The first-order valence-electron chi connectivity index (χ1n) is 14.7. The number of hydrogen-bond acceptors (Lipinski definition) is 8. The minimum Gasteiger partial charge on any atom is -0.508 e. The van der Waals surface area contributed by atoms with Crippen molar-refractivity contribution >= 4 is 27.5 Å². The topological polar surface area (TPSA) is 101 Å². The van der Waals surface area contributed by atoms with E-state index in [1.165, 1.54) is 29.3 Å². The number of aromatic nitrogens is 3. The predicted molar refractivity (Wildman–Crippen MR) is 158 cm³/mol. The lowest BCUT2D eigenvalue weighted by atomic mass is 9.95. The highest BCUT2D eigenvalue weighted by Gasteiger charge is 2.49. The van der Waals surface area contributed by atoms with E-state index in [1.807, 2.05) is 4.90 Å². The summed E-state index contributed by atoms with van der Waals surface area (Å²) in [5.74, 6) is -2.84. The largest absolute Gasteiger partial charge is 0.508 e. The maximum atomic E-state index is 16.6. The van der Waals surface area contributed by atoms with Gasteiger partial charge >= 0.3 is 6.01 Å². The Morgan fingerprint density at radius 3 is 2.76 bits per heavy atom. The molecule has 0 amide bonds. The van der Waals surface area contributed by atoms with Crippen LogP contribution in [0.15, 0.2) is 30.5 Å². The normalized spacial score (nSPS) is 24.7. The molecule has 0 bridgehead atoms. The number of nitrogens with zero attached hydrogens (tertiary/aromatic N) is 5. The van der Waals surface area contributed by atoms with Gasteiger partial charge in [-0.2, -0.15) is 9.97 Å². The molecule has 0 radical (unpaired) electrons. The highest BCUT2D eigenvalue weighted by Crippen LogP contribution is 2.42. The van der Waals surface area contributed by atoms with Crippen molar-refractivity contribution in [3.05, 3.63) is 47.7 Å². The van der Waals surface area contributed by atoms with Gasteiger partial charge in [-0.15, -0.1) is 6.42 Å². The molecule has 2 aromatic heterocycles. The lowest BCUT2D eigenvalue weighted by Gasteiger charge is -2.37. The average molecular weight is 625 g/mol. The van der Waals surface area contributed by atoms with Crippen LogP contribution in [0.1, 0.15) is 31.2 Å². The van der Waals surface area contributed by atoms with Crippen molar-refractivity contribution in [2.24, 2.45) is 5.73 Å². The molecule has 3 N–H and O–H groups in total. The van der Waals surface area contributed by atoms with Crippen molar-refractivity contribution in [2.45, 2.75) is 49.4 Å². The smallest absolute Gasteiger partial charge is 0.319 e. The van der Waals surface area contributed by atoms with Gasteiger partial charge in [0, 0.05) is 49.1 Å². The van der Waals surface area contributed by atoms with E-state index < -0.39 is 48.3 Å². The van der Waals surface area contributed by atoms with Gasteiger partial charge in [-0.25, -0.2) is 22.0 Å². The summed E-state index contributed by atoms with van der Waals surface area (Å²) in [6, 6.07) is 3.95. The number of halogens is 5. The molecule has 8 nitrogen and oxygen atoms in total. The van der Waals surface area contributed by atoms with E-state index in [-0.39, 0.29) is 76.8 Å². The summed E-state index contributed by atoms with van der Waals surface area (Å²) in [6.07, 6.45) is 7.13. The Balaban J connectivity index is 1.39. The molecule has 3 atom stereocenters. The fourth-order valence-corrected chi connectivity index (χ4v) is 7.22. The van der Waals surface area contributed by atoms with Crippen molar-refractivity contribution in [3.63, 3.8) is 0 Å². The summed E-state index contributed by atoms with van der Waals surface area (Å²) in [5, 5.41) is 11.0. The molecular formula is C32H29F5N6O2. The van der Waals surface area contributed by atoms with Crippen molar-refractivity contribution in [3.8, 4) is 35.4 Å². The molecule has 3 saturated heterocycles. The molecule has 3 aliphatic heterocycles. The van der Waals surface area contributed by atoms with Crippen LogP contribution in [0.25, 0.3) is 32.9 Å². The number of phenolic OH excluding ortho intramolecular Hbond substituents is 1. The summed E-state index contributed by atoms with van der Waals surface area (Å²) in [6.45, 7) is 0.314. The Hall–Kier alpha value is -4.28. The molecule has 2 aromatic carbocycles. The number of ether oxygens (including phenoxy) is 1. The van der Waals surface area contributed by atoms with Gasteiger partial charge < -0.3 is 20.5 Å². The number of benzene rings is 2. The van der Waals surface area contributed by atoms with E-state index in [1.54, 1.807) is 0 Å². The summed E-state index contributed by atoms with van der Waals surface area (Å²) in [7, 11) is 0. The van der Waals surface area contributed by atoms with Crippen LogP contribution >= 0.6 is 0 Å². The highest BCUT2D eigenvalue weighted by atomic mass is 19.3. The standard InChI is InChI=1S/C32H29F5N6O2/c1-2-21-24(34)5-4-17-8-20(44)9-22(25(17)21)27-26(35)28-23(12-39-27)29(42-14-19(38)11-32(36,37)15-42)41-30(40-28)45-16-31-6-3-7-43(31)13-18(33)10-31/h1,4-5,8-9,12,18-19,44H,3,6-7,10-11,13-16,38H2/t18-,19+,31+/m1/s1.